The standard InChI is InChI=1S/C11H11Cl2NO3/c12-8-4-3-7(6-9(8)13)11(17)14-5-1-2-10(15)16/h3-4,6H,1-2,5H2,(H,14,17)(H,15,16). The van der Waals surface area contributed by atoms with Crippen molar-refractivity contribution in [2.24, 2.45) is 0 Å². The maximum Gasteiger partial charge on any atom is 0.303 e. The van der Waals surface area contributed by atoms with Gasteiger partial charge >= 0.3 is 5.97 Å². The second-order valence-electron chi connectivity index (χ2n) is 3.38. The molecule has 0 aliphatic carbocycles. The lowest BCUT2D eigenvalue weighted by Gasteiger charge is -2.05. The summed E-state index contributed by atoms with van der Waals surface area (Å²) in [6.45, 7) is 0.311. The van der Waals surface area contributed by atoms with Crippen molar-refractivity contribution in [3.8, 4) is 0 Å². The molecule has 0 saturated carbocycles. The zero-order chi connectivity index (χ0) is 12.8. The number of carboxylic acids is 1. The largest absolute Gasteiger partial charge is 0.481 e. The van der Waals surface area contributed by atoms with Crippen molar-refractivity contribution in [1.82, 2.24) is 5.32 Å². The zero-order valence-corrected chi connectivity index (χ0v) is 10.4. The van der Waals surface area contributed by atoms with Gasteiger partial charge in [0, 0.05) is 18.5 Å². The van der Waals surface area contributed by atoms with Crippen LogP contribution in [-0.4, -0.2) is 23.5 Å². The maximum absolute atomic E-state index is 11.6. The van der Waals surface area contributed by atoms with Crippen molar-refractivity contribution >= 4 is 35.1 Å². The van der Waals surface area contributed by atoms with E-state index in [1.807, 2.05) is 0 Å². The minimum Gasteiger partial charge on any atom is -0.481 e. The first-order chi connectivity index (χ1) is 8.00. The van der Waals surface area contributed by atoms with Crippen molar-refractivity contribution in [2.75, 3.05) is 6.54 Å². The first kappa shape index (κ1) is 13.8. The normalized spacial score (nSPS) is 10.0. The molecule has 0 heterocycles. The van der Waals surface area contributed by atoms with E-state index >= 15 is 0 Å². The Bertz CT molecular complexity index is 435. The van der Waals surface area contributed by atoms with Crippen molar-refractivity contribution < 1.29 is 14.7 Å². The first-order valence-corrected chi connectivity index (χ1v) is 5.71. The second-order valence-corrected chi connectivity index (χ2v) is 4.20. The highest BCUT2D eigenvalue weighted by molar-refractivity contribution is 6.42. The number of amides is 1. The summed E-state index contributed by atoms with van der Waals surface area (Å²) in [7, 11) is 0. The number of carbonyl (C=O) groups excluding carboxylic acids is 1. The van der Waals surface area contributed by atoms with E-state index in [0.717, 1.165) is 0 Å². The summed E-state index contributed by atoms with van der Waals surface area (Å²) < 4.78 is 0. The van der Waals surface area contributed by atoms with Gasteiger partial charge in [-0.3, -0.25) is 9.59 Å². The Hall–Kier alpha value is -1.26. The van der Waals surface area contributed by atoms with E-state index in [0.29, 0.717) is 28.6 Å². The van der Waals surface area contributed by atoms with Gasteiger partial charge in [-0.25, -0.2) is 0 Å². The highest BCUT2D eigenvalue weighted by Gasteiger charge is 2.07. The summed E-state index contributed by atoms with van der Waals surface area (Å²) in [5.74, 6) is -1.18. The fraction of sp³-hybridized carbons (Fsp3) is 0.273. The molecule has 1 aromatic carbocycles. The van der Waals surface area contributed by atoms with E-state index in [1.54, 1.807) is 6.07 Å². The molecule has 4 nitrogen and oxygen atoms in total. The van der Waals surface area contributed by atoms with Crippen LogP contribution in [0.15, 0.2) is 18.2 Å². The van der Waals surface area contributed by atoms with Crippen LogP contribution >= 0.6 is 23.2 Å². The Kier molecular flexibility index (Phi) is 5.25. The Labute approximate surface area is 109 Å². The van der Waals surface area contributed by atoms with E-state index in [2.05, 4.69) is 5.32 Å². The molecule has 0 aliphatic heterocycles. The molecule has 0 fully saturated rings. The minimum atomic E-state index is -0.881. The van der Waals surface area contributed by atoms with Crippen LogP contribution < -0.4 is 5.32 Å². The number of halogens is 2. The van der Waals surface area contributed by atoms with Crippen LogP contribution in [0.2, 0.25) is 10.0 Å². The maximum atomic E-state index is 11.6. The second kappa shape index (κ2) is 6.47. The quantitative estimate of drug-likeness (QED) is 0.812. The van der Waals surface area contributed by atoms with Crippen LogP contribution in [0.1, 0.15) is 23.2 Å². The lowest BCUT2D eigenvalue weighted by Crippen LogP contribution is -2.24. The number of aliphatic carboxylic acids is 1. The van der Waals surface area contributed by atoms with Gasteiger partial charge in [-0.15, -0.1) is 0 Å². The van der Waals surface area contributed by atoms with Gasteiger partial charge in [0.1, 0.15) is 0 Å². The molecule has 1 rings (SSSR count). The number of carboxylic acid groups (broad SMARTS) is 1. The Balaban J connectivity index is 2.47. The number of rotatable bonds is 5. The van der Waals surface area contributed by atoms with Gasteiger partial charge in [0.2, 0.25) is 0 Å². The molecule has 1 amide bonds. The average Bonchev–Trinajstić information content (AvgIpc) is 2.27. The number of carbonyl (C=O) groups is 2. The summed E-state index contributed by atoms with van der Waals surface area (Å²) in [5.41, 5.74) is 0.398. The van der Waals surface area contributed by atoms with Crippen molar-refractivity contribution in [2.45, 2.75) is 12.8 Å². The topological polar surface area (TPSA) is 66.4 Å². The lowest BCUT2D eigenvalue weighted by molar-refractivity contribution is -0.137. The van der Waals surface area contributed by atoms with Crippen molar-refractivity contribution in [3.05, 3.63) is 33.8 Å². The number of hydrogen-bond donors (Lipinski definition) is 2. The van der Waals surface area contributed by atoms with Crippen molar-refractivity contribution in [1.29, 1.82) is 0 Å². The summed E-state index contributed by atoms with van der Waals surface area (Å²) in [5, 5.41) is 11.7. The molecule has 0 saturated heterocycles. The third kappa shape index (κ3) is 4.63. The van der Waals surface area contributed by atoms with E-state index in [9.17, 15) is 9.59 Å². The molecule has 0 spiro atoms. The SMILES string of the molecule is O=C(O)CCCNC(=O)c1ccc(Cl)c(Cl)c1. The van der Waals surface area contributed by atoms with Crippen LogP contribution in [0, 0.1) is 0 Å². The Morgan fingerprint density at radius 3 is 2.53 bits per heavy atom. The van der Waals surface area contributed by atoms with Gasteiger partial charge in [-0.05, 0) is 24.6 Å². The number of nitrogens with one attached hydrogen (secondary N) is 1. The monoisotopic (exact) mass is 275 g/mol. The third-order valence-electron chi connectivity index (χ3n) is 2.03. The highest BCUT2D eigenvalue weighted by Crippen LogP contribution is 2.22. The highest BCUT2D eigenvalue weighted by atomic mass is 35.5. The van der Waals surface area contributed by atoms with Gasteiger partial charge in [0.15, 0.2) is 0 Å². The van der Waals surface area contributed by atoms with Crippen LogP contribution in [0.3, 0.4) is 0 Å². The fourth-order valence-corrected chi connectivity index (χ4v) is 1.48. The molecule has 17 heavy (non-hydrogen) atoms. The predicted octanol–water partition coefficient (Wildman–Crippen LogP) is 2.59. The molecule has 2 N–H and O–H groups in total. The Morgan fingerprint density at radius 2 is 1.94 bits per heavy atom. The zero-order valence-electron chi connectivity index (χ0n) is 8.87. The molecular formula is C11H11Cl2NO3. The molecule has 6 heteroatoms. The summed E-state index contributed by atoms with van der Waals surface area (Å²) in [6, 6.07) is 4.56. The van der Waals surface area contributed by atoms with Gasteiger partial charge < -0.3 is 10.4 Å². The minimum absolute atomic E-state index is 0.0294. The first-order valence-electron chi connectivity index (χ1n) is 4.95. The summed E-state index contributed by atoms with van der Waals surface area (Å²) >= 11 is 11.5. The molecule has 0 atom stereocenters. The average molecular weight is 276 g/mol. The third-order valence-corrected chi connectivity index (χ3v) is 2.77. The van der Waals surface area contributed by atoms with Crippen molar-refractivity contribution in [3.63, 3.8) is 0 Å². The van der Waals surface area contributed by atoms with Crippen LogP contribution in [-0.2, 0) is 4.79 Å². The van der Waals surface area contributed by atoms with E-state index in [-0.39, 0.29) is 12.3 Å². The van der Waals surface area contributed by atoms with Crippen LogP contribution in [0.5, 0.6) is 0 Å². The fourth-order valence-electron chi connectivity index (χ4n) is 1.18. The van der Waals surface area contributed by atoms with Crippen LogP contribution in [0.4, 0.5) is 0 Å². The van der Waals surface area contributed by atoms with E-state index < -0.39 is 5.97 Å². The molecule has 0 radical (unpaired) electrons. The molecule has 0 aliphatic rings. The van der Waals surface area contributed by atoms with Gasteiger partial charge in [0.25, 0.3) is 5.91 Å². The smallest absolute Gasteiger partial charge is 0.303 e. The summed E-state index contributed by atoms with van der Waals surface area (Å²) in [4.78, 5) is 21.8. The van der Waals surface area contributed by atoms with Gasteiger partial charge in [0.05, 0.1) is 10.0 Å². The number of benzene rings is 1. The van der Waals surface area contributed by atoms with E-state index in [4.69, 9.17) is 28.3 Å². The van der Waals surface area contributed by atoms with E-state index in [1.165, 1.54) is 12.1 Å². The molecule has 0 unspecified atom stereocenters. The molecule has 92 valence electrons. The number of hydrogen-bond acceptors (Lipinski definition) is 2. The lowest BCUT2D eigenvalue weighted by atomic mass is 10.2. The summed E-state index contributed by atoms with van der Waals surface area (Å²) in [6.07, 6.45) is 0.421. The molecule has 0 bridgehead atoms. The predicted molar refractivity (Wildman–Crippen MR) is 65.7 cm³/mol. The van der Waals surface area contributed by atoms with Gasteiger partial charge in [-0.2, -0.15) is 0 Å². The molecular weight excluding hydrogens is 265 g/mol. The molecule has 1 aromatic rings. The van der Waals surface area contributed by atoms with Gasteiger partial charge in [-0.1, -0.05) is 23.2 Å². The van der Waals surface area contributed by atoms with Crippen LogP contribution in [0.25, 0.3) is 0 Å². The Morgan fingerprint density at radius 1 is 1.24 bits per heavy atom. The molecule has 0 aromatic heterocycles.